The molecule has 6 heteroatoms. The Morgan fingerprint density at radius 3 is 2.75 bits per heavy atom. The fourth-order valence-corrected chi connectivity index (χ4v) is 2.56. The molecule has 1 amide bonds. The summed E-state index contributed by atoms with van der Waals surface area (Å²) >= 11 is 1.07. The normalized spacial score (nSPS) is 16.2. The number of nitrogens with one attached hydrogen (secondary N) is 1. The topological polar surface area (TPSA) is 79.3 Å². The number of nitrogens with zero attached hydrogens (tertiary/aromatic N) is 1. The number of carboxylic acids is 1. The Morgan fingerprint density at radius 1 is 1.44 bits per heavy atom. The number of thiazole rings is 1. The van der Waals surface area contributed by atoms with Gasteiger partial charge in [0.2, 0.25) is 0 Å². The van der Waals surface area contributed by atoms with E-state index in [0.717, 1.165) is 37.0 Å². The fourth-order valence-electron chi connectivity index (χ4n) is 1.88. The number of carbonyl (C=O) groups excluding carboxylic acids is 1. The van der Waals surface area contributed by atoms with E-state index in [4.69, 9.17) is 5.11 Å². The molecule has 0 unspecified atom stereocenters. The molecule has 2 N–H and O–H groups in total. The van der Waals surface area contributed by atoms with Gasteiger partial charge in [-0.25, -0.2) is 9.78 Å². The van der Waals surface area contributed by atoms with E-state index in [2.05, 4.69) is 10.3 Å². The van der Waals surface area contributed by atoms with Gasteiger partial charge >= 0.3 is 5.97 Å². The number of aromatic carboxylic acids is 1. The van der Waals surface area contributed by atoms with E-state index in [1.54, 1.807) is 0 Å². The zero-order valence-corrected chi connectivity index (χ0v) is 9.42. The first kappa shape index (κ1) is 11.1. The molecule has 1 saturated carbocycles. The standard InChI is InChI=1S/C10H12N2O3S/c13-9(12-6-3-1-2-4-6)8-7(10(14)15)11-5-16-8/h5-6H,1-4H2,(H,12,13)(H,14,15). The molecule has 86 valence electrons. The van der Waals surface area contributed by atoms with E-state index in [1.165, 1.54) is 5.51 Å². The van der Waals surface area contributed by atoms with Gasteiger partial charge in [0.15, 0.2) is 5.69 Å². The average molecular weight is 240 g/mol. The molecule has 1 fully saturated rings. The molecule has 1 aliphatic rings. The second-order valence-corrected chi connectivity index (χ2v) is 4.64. The number of hydrogen-bond donors (Lipinski definition) is 2. The maximum absolute atomic E-state index is 11.8. The Labute approximate surface area is 96.5 Å². The summed E-state index contributed by atoms with van der Waals surface area (Å²) in [7, 11) is 0. The maximum atomic E-state index is 11.8. The van der Waals surface area contributed by atoms with Gasteiger partial charge in [-0.1, -0.05) is 12.8 Å². The van der Waals surface area contributed by atoms with Crippen molar-refractivity contribution < 1.29 is 14.7 Å². The highest BCUT2D eigenvalue weighted by atomic mass is 32.1. The molecule has 0 atom stereocenters. The molecule has 0 spiro atoms. The van der Waals surface area contributed by atoms with Gasteiger partial charge < -0.3 is 10.4 Å². The van der Waals surface area contributed by atoms with Crippen LogP contribution in [0.2, 0.25) is 0 Å². The lowest BCUT2D eigenvalue weighted by molar-refractivity contribution is 0.0685. The van der Waals surface area contributed by atoms with Crippen LogP contribution in [0.4, 0.5) is 0 Å². The van der Waals surface area contributed by atoms with Gasteiger partial charge in [0.1, 0.15) is 4.88 Å². The Kier molecular flexibility index (Phi) is 3.19. The Morgan fingerprint density at radius 2 is 2.12 bits per heavy atom. The van der Waals surface area contributed by atoms with Gasteiger partial charge in [-0.3, -0.25) is 4.79 Å². The molecule has 0 saturated heterocycles. The second kappa shape index (κ2) is 4.61. The largest absolute Gasteiger partial charge is 0.476 e. The lowest BCUT2D eigenvalue weighted by Gasteiger charge is -2.10. The van der Waals surface area contributed by atoms with Crippen LogP contribution in [0.15, 0.2) is 5.51 Å². The monoisotopic (exact) mass is 240 g/mol. The minimum Gasteiger partial charge on any atom is -0.476 e. The maximum Gasteiger partial charge on any atom is 0.356 e. The van der Waals surface area contributed by atoms with Gasteiger partial charge in [-0.2, -0.15) is 0 Å². The fraction of sp³-hybridized carbons (Fsp3) is 0.500. The highest BCUT2D eigenvalue weighted by Gasteiger charge is 2.23. The molecule has 0 aromatic carbocycles. The minimum absolute atomic E-state index is 0.152. The van der Waals surface area contributed by atoms with Gasteiger partial charge in [0, 0.05) is 6.04 Å². The molecular weight excluding hydrogens is 228 g/mol. The van der Waals surface area contributed by atoms with Crippen molar-refractivity contribution in [2.75, 3.05) is 0 Å². The van der Waals surface area contributed by atoms with Gasteiger partial charge in [0.25, 0.3) is 5.91 Å². The molecule has 1 heterocycles. The summed E-state index contributed by atoms with van der Waals surface area (Å²) in [6.07, 6.45) is 4.21. The third kappa shape index (κ3) is 2.21. The van der Waals surface area contributed by atoms with Crippen LogP contribution < -0.4 is 5.32 Å². The summed E-state index contributed by atoms with van der Waals surface area (Å²) in [6.45, 7) is 0. The molecule has 0 radical (unpaired) electrons. The van der Waals surface area contributed by atoms with Crippen LogP contribution in [-0.2, 0) is 0 Å². The summed E-state index contributed by atoms with van der Waals surface area (Å²) in [4.78, 5) is 26.4. The van der Waals surface area contributed by atoms with Crippen molar-refractivity contribution >= 4 is 23.2 Å². The zero-order chi connectivity index (χ0) is 11.5. The Hall–Kier alpha value is -1.43. The van der Waals surface area contributed by atoms with E-state index in [0.29, 0.717) is 0 Å². The van der Waals surface area contributed by atoms with Crippen LogP contribution in [-0.4, -0.2) is 28.0 Å². The SMILES string of the molecule is O=C(O)c1ncsc1C(=O)NC1CCCC1. The number of aromatic nitrogens is 1. The number of hydrogen-bond acceptors (Lipinski definition) is 4. The molecule has 2 rings (SSSR count). The number of carbonyl (C=O) groups is 2. The molecule has 1 aromatic rings. The lowest BCUT2D eigenvalue weighted by Crippen LogP contribution is -2.32. The van der Waals surface area contributed by atoms with Crippen molar-refractivity contribution in [3.8, 4) is 0 Å². The van der Waals surface area contributed by atoms with Crippen molar-refractivity contribution in [3.05, 3.63) is 16.1 Å². The van der Waals surface area contributed by atoms with Crippen molar-refractivity contribution in [1.29, 1.82) is 0 Å². The highest BCUT2D eigenvalue weighted by molar-refractivity contribution is 7.12. The van der Waals surface area contributed by atoms with Crippen molar-refractivity contribution in [1.82, 2.24) is 10.3 Å². The quantitative estimate of drug-likeness (QED) is 0.839. The first-order valence-electron chi connectivity index (χ1n) is 5.16. The van der Waals surface area contributed by atoms with Crippen molar-refractivity contribution in [2.24, 2.45) is 0 Å². The smallest absolute Gasteiger partial charge is 0.356 e. The zero-order valence-electron chi connectivity index (χ0n) is 8.60. The number of amides is 1. The summed E-state index contributed by atoms with van der Waals surface area (Å²) in [5.74, 6) is -1.47. The van der Waals surface area contributed by atoms with Crippen LogP contribution in [0.1, 0.15) is 45.8 Å². The molecule has 0 bridgehead atoms. The second-order valence-electron chi connectivity index (χ2n) is 3.79. The lowest BCUT2D eigenvalue weighted by atomic mass is 10.2. The molecule has 16 heavy (non-hydrogen) atoms. The summed E-state index contributed by atoms with van der Waals surface area (Å²) in [6, 6.07) is 0.191. The summed E-state index contributed by atoms with van der Waals surface area (Å²) in [5.41, 5.74) is 1.23. The van der Waals surface area contributed by atoms with Crippen LogP contribution in [0.3, 0.4) is 0 Å². The van der Waals surface area contributed by atoms with Crippen LogP contribution in [0.25, 0.3) is 0 Å². The number of carboxylic acid groups (broad SMARTS) is 1. The van der Waals surface area contributed by atoms with Crippen molar-refractivity contribution in [2.45, 2.75) is 31.7 Å². The third-order valence-electron chi connectivity index (χ3n) is 2.67. The third-order valence-corrected chi connectivity index (χ3v) is 3.49. The van der Waals surface area contributed by atoms with E-state index in [-0.39, 0.29) is 22.5 Å². The van der Waals surface area contributed by atoms with Crippen LogP contribution >= 0.6 is 11.3 Å². The molecule has 5 nitrogen and oxygen atoms in total. The number of rotatable bonds is 3. The highest BCUT2D eigenvalue weighted by Crippen LogP contribution is 2.19. The Bertz CT molecular complexity index is 410. The van der Waals surface area contributed by atoms with Crippen LogP contribution in [0.5, 0.6) is 0 Å². The molecule has 1 aliphatic carbocycles. The molecule has 1 aromatic heterocycles. The molecule has 0 aliphatic heterocycles. The molecular formula is C10H12N2O3S. The van der Waals surface area contributed by atoms with Gasteiger partial charge in [0.05, 0.1) is 5.51 Å². The first-order valence-corrected chi connectivity index (χ1v) is 6.04. The van der Waals surface area contributed by atoms with Crippen LogP contribution in [0, 0.1) is 0 Å². The predicted octanol–water partition coefficient (Wildman–Crippen LogP) is 1.51. The first-order chi connectivity index (χ1) is 7.68. The van der Waals surface area contributed by atoms with Gasteiger partial charge in [-0.05, 0) is 12.8 Å². The van der Waals surface area contributed by atoms with Crippen molar-refractivity contribution in [3.63, 3.8) is 0 Å². The van der Waals surface area contributed by atoms with E-state index in [9.17, 15) is 9.59 Å². The summed E-state index contributed by atoms with van der Waals surface area (Å²) in [5, 5.41) is 11.7. The average Bonchev–Trinajstić information content (AvgIpc) is 2.86. The Balaban J connectivity index is 2.08. The van der Waals surface area contributed by atoms with Gasteiger partial charge in [-0.15, -0.1) is 11.3 Å². The van der Waals surface area contributed by atoms with E-state index in [1.807, 2.05) is 0 Å². The minimum atomic E-state index is -1.15. The summed E-state index contributed by atoms with van der Waals surface area (Å²) < 4.78 is 0. The van der Waals surface area contributed by atoms with E-state index < -0.39 is 5.97 Å². The predicted molar refractivity (Wildman–Crippen MR) is 58.8 cm³/mol. The van der Waals surface area contributed by atoms with E-state index >= 15 is 0 Å².